The highest BCUT2D eigenvalue weighted by atomic mass is 16.6. The van der Waals surface area contributed by atoms with E-state index in [-0.39, 0.29) is 18.0 Å². The molecule has 0 aromatic carbocycles. The second kappa shape index (κ2) is 9.03. The number of piperidine rings is 1. The Morgan fingerprint density at radius 1 is 1.15 bits per heavy atom. The van der Waals surface area contributed by atoms with Crippen LogP contribution in [0.25, 0.3) is 0 Å². The third-order valence-electron chi connectivity index (χ3n) is 5.16. The van der Waals surface area contributed by atoms with E-state index in [1.54, 1.807) is 11.1 Å². The zero-order valence-electron chi connectivity index (χ0n) is 16.2. The molecule has 0 saturated carbocycles. The molecule has 2 saturated heterocycles. The van der Waals surface area contributed by atoms with Crippen LogP contribution in [0.5, 0.6) is 0 Å². The molecule has 0 unspecified atom stereocenters. The molecule has 148 valence electrons. The van der Waals surface area contributed by atoms with Gasteiger partial charge < -0.3 is 24.8 Å². The molecule has 2 amide bonds. The van der Waals surface area contributed by atoms with Gasteiger partial charge in [0.25, 0.3) is 5.91 Å². The van der Waals surface area contributed by atoms with Gasteiger partial charge in [-0.15, -0.1) is 0 Å². The molecule has 1 aromatic rings. The number of likely N-dealkylation sites (N-methyl/N-ethyl adjacent to an activating group) is 1. The largest absolute Gasteiger partial charge is 0.450 e. The molecule has 1 N–H and O–H groups in total. The first-order valence-electron chi connectivity index (χ1n) is 9.69. The van der Waals surface area contributed by atoms with E-state index in [1.807, 2.05) is 24.0 Å². The Hall–Kier alpha value is -2.35. The zero-order chi connectivity index (χ0) is 19.2. The number of carbonyl (C=O) groups excluding carboxylic acids is 2. The molecule has 0 radical (unpaired) electrons. The number of ether oxygens (including phenoxy) is 1. The number of carbonyl (C=O) groups is 2. The Bertz CT molecular complexity index is 653. The molecule has 2 aliphatic rings. The number of rotatable bonds is 4. The van der Waals surface area contributed by atoms with Gasteiger partial charge in [-0.25, -0.2) is 4.79 Å². The molecule has 2 aliphatic heterocycles. The lowest BCUT2D eigenvalue weighted by Crippen LogP contribution is -2.47. The first-order valence-corrected chi connectivity index (χ1v) is 9.69. The van der Waals surface area contributed by atoms with Gasteiger partial charge in [0.15, 0.2) is 0 Å². The average molecular weight is 375 g/mol. The zero-order valence-corrected chi connectivity index (χ0v) is 16.2. The normalized spacial score (nSPS) is 19.0. The monoisotopic (exact) mass is 375 g/mol. The average Bonchev–Trinajstić information content (AvgIpc) is 2.69. The van der Waals surface area contributed by atoms with E-state index >= 15 is 0 Å². The van der Waals surface area contributed by atoms with Gasteiger partial charge in [0.1, 0.15) is 5.69 Å². The number of piperazine rings is 1. The van der Waals surface area contributed by atoms with Crippen molar-refractivity contribution in [1.29, 1.82) is 0 Å². The SMILES string of the molecule is CCOC(=O)N1CCC(Nc2ccnc(C(=O)N3CCN(C)CC3)c2)CC1. The minimum Gasteiger partial charge on any atom is -0.450 e. The number of hydrogen-bond acceptors (Lipinski definition) is 6. The number of pyridine rings is 1. The van der Waals surface area contributed by atoms with Gasteiger partial charge in [0.2, 0.25) is 0 Å². The molecular formula is C19H29N5O3. The first kappa shape index (κ1) is 19.4. The summed E-state index contributed by atoms with van der Waals surface area (Å²) in [6, 6.07) is 3.99. The lowest BCUT2D eigenvalue weighted by molar-refractivity contribution is 0.0658. The van der Waals surface area contributed by atoms with Gasteiger partial charge in [-0.2, -0.15) is 0 Å². The van der Waals surface area contributed by atoms with Crippen LogP contribution in [0.15, 0.2) is 18.3 Å². The van der Waals surface area contributed by atoms with Crippen molar-refractivity contribution in [2.75, 3.05) is 58.2 Å². The summed E-state index contributed by atoms with van der Waals surface area (Å²) in [6.07, 6.45) is 3.14. The van der Waals surface area contributed by atoms with Crippen LogP contribution < -0.4 is 5.32 Å². The Morgan fingerprint density at radius 2 is 1.85 bits per heavy atom. The summed E-state index contributed by atoms with van der Waals surface area (Å²) < 4.78 is 5.05. The maximum Gasteiger partial charge on any atom is 0.409 e. The molecule has 8 heteroatoms. The highest BCUT2D eigenvalue weighted by Gasteiger charge is 2.24. The van der Waals surface area contributed by atoms with Crippen molar-refractivity contribution in [3.8, 4) is 0 Å². The first-order chi connectivity index (χ1) is 13.1. The van der Waals surface area contributed by atoms with Crippen LogP contribution in [0.3, 0.4) is 0 Å². The standard InChI is InChI=1S/C19H29N5O3/c1-3-27-19(26)24-8-5-15(6-9-24)21-16-4-7-20-17(14-16)18(25)23-12-10-22(2)11-13-23/h4,7,14-15H,3,5-6,8-13H2,1-2H3,(H,20,21). The predicted molar refractivity (Wildman–Crippen MR) is 103 cm³/mol. The molecule has 3 heterocycles. The Morgan fingerprint density at radius 3 is 2.52 bits per heavy atom. The fourth-order valence-electron chi connectivity index (χ4n) is 3.47. The van der Waals surface area contributed by atoms with Gasteiger partial charge >= 0.3 is 6.09 Å². The summed E-state index contributed by atoms with van der Waals surface area (Å²) in [7, 11) is 2.07. The molecule has 2 fully saturated rings. The second-order valence-corrected chi connectivity index (χ2v) is 7.13. The Balaban J connectivity index is 1.54. The molecule has 3 rings (SSSR count). The maximum atomic E-state index is 12.7. The highest BCUT2D eigenvalue weighted by molar-refractivity contribution is 5.93. The molecule has 0 atom stereocenters. The number of likely N-dealkylation sites (tertiary alicyclic amines) is 1. The van der Waals surface area contributed by atoms with Crippen molar-refractivity contribution in [3.63, 3.8) is 0 Å². The van der Waals surface area contributed by atoms with Crippen LogP contribution in [0.1, 0.15) is 30.3 Å². The fraction of sp³-hybridized carbons (Fsp3) is 0.632. The van der Waals surface area contributed by atoms with E-state index in [0.29, 0.717) is 25.4 Å². The van der Waals surface area contributed by atoms with Crippen LogP contribution in [-0.4, -0.2) is 90.6 Å². The van der Waals surface area contributed by atoms with Crippen molar-refractivity contribution in [3.05, 3.63) is 24.0 Å². The molecule has 1 aromatic heterocycles. The van der Waals surface area contributed by atoms with Gasteiger partial charge in [-0.1, -0.05) is 0 Å². The van der Waals surface area contributed by atoms with Gasteiger partial charge in [-0.3, -0.25) is 9.78 Å². The molecular weight excluding hydrogens is 346 g/mol. The van der Waals surface area contributed by atoms with Crippen LogP contribution in [0.4, 0.5) is 10.5 Å². The van der Waals surface area contributed by atoms with Crippen LogP contribution >= 0.6 is 0 Å². The fourth-order valence-corrected chi connectivity index (χ4v) is 3.47. The summed E-state index contributed by atoms with van der Waals surface area (Å²) in [4.78, 5) is 34.6. The molecule has 27 heavy (non-hydrogen) atoms. The maximum absolute atomic E-state index is 12.7. The van der Waals surface area contributed by atoms with E-state index in [9.17, 15) is 9.59 Å². The van der Waals surface area contributed by atoms with Gasteiger partial charge in [0.05, 0.1) is 6.61 Å². The van der Waals surface area contributed by atoms with E-state index < -0.39 is 0 Å². The second-order valence-electron chi connectivity index (χ2n) is 7.13. The number of anilines is 1. The van der Waals surface area contributed by atoms with Crippen molar-refractivity contribution in [1.82, 2.24) is 19.7 Å². The topological polar surface area (TPSA) is 78.0 Å². The smallest absolute Gasteiger partial charge is 0.409 e. The third kappa shape index (κ3) is 5.09. The third-order valence-corrected chi connectivity index (χ3v) is 5.16. The van der Waals surface area contributed by atoms with Crippen LogP contribution in [0.2, 0.25) is 0 Å². The summed E-state index contributed by atoms with van der Waals surface area (Å²) in [5, 5.41) is 3.48. The summed E-state index contributed by atoms with van der Waals surface area (Å²) in [5.41, 5.74) is 1.38. The summed E-state index contributed by atoms with van der Waals surface area (Å²) in [6.45, 7) is 6.82. The summed E-state index contributed by atoms with van der Waals surface area (Å²) >= 11 is 0. The van der Waals surface area contributed by atoms with Crippen LogP contribution in [-0.2, 0) is 4.74 Å². The molecule has 8 nitrogen and oxygen atoms in total. The Kier molecular flexibility index (Phi) is 6.49. The van der Waals surface area contributed by atoms with E-state index in [4.69, 9.17) is 4.74 Å². The number of nitrogens with zero attached hydrogens (tertiary/aromatic N) is 4. The number of aromatic nitrogens is 1. The molecule has 0 aliphatic carbocycles. The highest BCUT2D eigenvalue weighted by Crippen LogP contribution is 2.18. The van der Waals surface area contributed by atoms with Crippen molar-refractivity contribution >= 4 is 17.7 Å². The number of amides is 2. The van der Waals surface area contributed by atoms with E-state index in [1.165, 1.54) is 0 Å². The van der Waals surface area contributed by atoms with Gasteiger partial charge in [0, 0.05) is 57.2 Å². The molecule has 0 bridgehead atoms. The predicted octanol–water partition coefficient (Wildman–Crippen LogP) is 1.50. The molecule has 0 spiro atoms. The summed E-state index contributed by atoms with van der Waals surface area (Å²) in [5.74, 6) is -0.0103. The van der Waals surface area contributed by atoms with Crippen LogP contribution in [0, 0.1) is 0 Å². The van der Waals surface area contributed by atoms with Gasteiger partial charge in [-0.05, 0) is 38.9 Å². The lowest BCUT2D eigenvalue weighted by Gasteiger charge is -2.33. The number of hydrogen-bond donors (Lipinski definition) is 1. The minimum atomic E-state index is -0.236. The quantitative estimate of drug-likeness (QED) is 0.859. The van der Waals surface area contributed by atoms with Crippen molar-refractivity contribution in [2.24, 2.45) is 0 Å². The van der Waals surface area contributed by atoms with Crippen molar-refractivity contribution < 1.29 is 14.3 Å². The Labute approximate surface area is 160 Å². The van der Waals surface area contributed by atoms with E-state index in [2.05, 4.69) is 22.2 Å². The lowest BCUT2D eigenvalue weighted by atomic mass is 10.1. The van der Waals surface area contributed by atoms with E-state index in [0.717, 1.165) is 44.7 Å². The number of nitrogens with one attached hydrogen (secondary N) is 1. The minimum absolute atomic E-state index is 0.0103. The van der Waals surface area contributed by atoms with Crippen molar-refractivity contribution in [2.45, 2.75) is 25.8 Å².